The van der Waals surface area contributed by atoms with E-state index in [1.807, 2.05) is 6.07 Å². The van der Waals surface area contributed by atoms with E-state index in [2.05, 4.69) is 9.88 Å². The molecule has 1 aromatic heterocycles. The second kappa shape index (κ2) is 6.26. The predicted octanol–water partition coefficient (Wildman–Crippen LogP) is 4.23. The van der Waals surface area contributed by atoms with Gasteiger partial charge in [-0.1, -0.05) is 20.8 Å². The zero-order valence-electron chi connectivity index (χ0n) is 13.0. The van der Waals surface area contributed by atoms with Crippen LogP contribution in [0.25, 0.3) is 0 Å². The molecule has 0 saturated carbocycles. The average Bonchev–Trinajstić information content (AvgIpc) is 2.45. The fraction of sp³-hybridized carbons (Fsp3) is 0.688. The molecular formula is C16H24F2N2O. The monoisotopic (exact) mass is 298 g/mol. The lowest BCUT2D eigenvalue weighted by Gasteiger charge is -2.30. The van der Waals surface area contributed by atoms with Crippen LogP contribution >= 0.6 is 0 Å². The van der Waals surface area contributed by atoms with Crippen LogP contribution in [0.4, 0.5) is 14.6 Å². The molecule has 0 spiro atoms. The highest BCUT2D eigenvalue weighted by Gasteiger charge is 2.44. The van der Waals surface area contributed by atoms with E-state index in [9.17, 15) is 8.78 Å². The number of hydrogen-bond acceptors (Lipinski definition) is 3. The summed E-state index contributed by atoms with van der Waals surface area (Å²) >= 11 is 0. The number of pyridine rings is 1. The predicted molar refractivity (Wildman–Crippen MR) is 79.5 cm³/mol. The second-order valence-corrected chi connectivity index (χ2v) is 6.63. The van der Waals surface area contributed by atoms with Gasteiger partial charge in [-0.15, -0.1) is 0 Å². The maximum atomic E-state index is 13.8. The Bertz CT molecular complexity index is 466. The maximum absolute atomic E-state index is 13.8. The third kappa shape index (κ3) is 4.13. The van der Waals surface area contributed by atoms with Crippen molar-refractivity contribution in [2.24, 2.45) is 5.41 Å². The van der Waals surface area contributed by atoms with Gasteiger partial charge >= 0.3 is 6.11 Å². The number of alkyl halides is 2. The van der Waals surface area contributed by atoms with E-state index < -0.39 is 11.5 Å². The van der Waals surface area contributed by atoms with E-state index in [0.29, 0.717) is 0 Å². The molecule has 5 heteroatoms. The molecule has 0 bridgehead atoms. The first-order valence-electron chi connectivity index (χ1n) is 7.51. The summed E-state index contributed by atoms with van der Waals surface area (Å²) in [5, 5.41) is 0. The van der Waals surface area contributed by atoms with Crippen molar-refractivity contribution < 1.29 is 13.5 Å². The van der Waals surface area contributed by atoms with Crippen molar-refractivity contribution in [2.45, 2.75) is 52.7 Å². The Morgan fingerprint density at radius 3 is 2.48 bits per heavy atom. The molecule has 0 aliphatic carbocycles. The largest absolute Gasteiger partial charge is 0.360 e. The standard InChI is InChI=1S/C16H24F2N2O/c1-15(2,3)16(17,18)21-12-13-7-8-19-14(11-13)20-9-5-4-6-10-20/h7-8,11H,4-6,9-10,12H2,1-3H3. The fourth-order valence-electron chi connectivity index (χ4n) is 2.24. The van der Waals surface area contributed by atoms with Gasteiger partial charge in [0.2, 0.25) is 0 Å². The number of rotatable bonds is 4. The van der Waals surface area contributed by atoms with Crippen molar-refractivity contribution in [3.63, 3.8) is 0 Å². The number of halogens is 2. The molecule has 1 aromatic rings. The summed E-state index contributed by atoms with van der Waals surface area (Å²) in [4.78, 5) is 6.54. The molecule has 1 fully saturated rings. The van der Waals surface area contributed by atoms with Crippen molar-refractivity contribution in [2.75, 3.05) is 18.0 Å². The molecule has 3 nitrogen and oxygen atoms in total. The van der Waals surface area contributed by atoms with E-state index in [4.69, 9.17) is 4.74 Å². The van der Waals surface area contributed by atoms with Gasteiger partial charge in [-0.3, -0.25) is 0 Å². The quantitative estimate of drug-likeness (QED) is 0.832. The highest BCUT2D eigenvalue weighted by atomic mass is 19.3. The van der Waals surface area contributed by atoms with Crippen LogP contribution in [0.15, 0.2) is 18.3 Å². The molecule has 1 aliphatic heterocycles. The van der Waals surface area contributed by atoms with Gasteiger partial charge < -0.3 is 9.64 Å². The Balaban J connectivity index is 2.01. The Hall–Kier alpha value is -1.23. The summed E-state index contributed by atoms with van der Waals surface area (Å²) in [6, 6.07) is 3.58. The number of aromatic nitrogens is 1. The van der Waals surface area contributed by atoms with Gasteiger partial charge in [0.05, 0.1) is 12.0 Å². The SMILES string of the molecule is CC(C)(C)C(F)(F)OCc1ccnc(N2CCCCC2)c1. The Labute approximate surface area is 125 Å². The minimum Gasteiger partial charge on any atom is -0.357 e. The normalized spacial score (nSPS) is 17.1. The van der Waals surface area contributed by atoms with Gasteiger partial charge in [-0.25, -0.2) is 4.98 Å². The van der Waals surface area contributed by atoms with Crippen LogP contribution in [0, 0.1) is 5.41 Å². The van der Waals surface area contributed by atoms with Crippen molar-refractivity contribution in [1.29, 1.82) is 0 Å². The highest BCUT2D eigenvalue weighted by Crippen LogP contribution is 2.37. The maximum Gasteiger partial charge on any atom is 0.360 e. The van der Waals surface area contributed by atoms with Gasteiger partial charge in [-0.2, -0.15) is 8.78 Å². The molecule has 0 amide bonds. The van der Waals surface area contributed by atoms with Crippen LogP contribution in [0.2, 0.25) is 0 Å². The summed E-state index contributed by atoms with van der Waals surface area (Å²) in [5.74, 6) is 0.856. The van der Waals surface area contributed by atoms with Crippen LogP contribution in [0.5, 0.6) is 0 Å². The molecule has 1 saturated heterocycles. The van der Waals surface area contributed by atoms with Crippen molar-refractivity contribution in [1.82, 2.24) is 4.98 Å². The molecule has 2 heterocycles. The molecule has 0 unspecified atom stereocenters. The van der Waals surface area contributed by atoms with E-state index in [-0.39, 0.29) is 6.61 Å². The number of ether oxygens (including phenoxy) is 1. The lowest BCUT2D eigenvalue weighted by Crippen LogP contribution is -2.36. The molecule has 0 atom stereocenters. The van der Waals surface area contributed by atoms with Crippen LogP contribution in [0.3, 0.4) is 0 Å². The molecule has 0 radical (unpaired) electrons. The zero-order valence-corrected chi connectivity index (χ0v) is 13.0. The summed E-state index contributed by atoms with van der Waals surface area (Å²) < 4.78 is 32.5. The van der Waals surface area contributed by atoms with Gasteiger partial charge in [0, 0.05) is 19.3 Å². The molecule has 0 N–H and O–H groups in total. The zero-order chi connectivity index (χ0) is 15.5. The van der Waals surface area contributed by atoms with Gasteiger partial charge in [0.1, 0.15) is 5.82 Å². The second-order valence-electron chi connectivity index (χ2n) is 6.63. The molecule has 0 aromatic carbocycles. The minimum atomic E-state index is -3.15. The molecule has 21 heavy (non-hydrogen) atoms. The smallest absolute Gasteiger partial charge is 0.357 e. The third-order valence-corrected chi connectivity index (χ3v) is 3.78. The van der Waals surface area contributed by atoms with Gasteiger partial charge in [-0.05, 0) is 37.0 Å². The number of anilines is 1. The average molecular weight is 298 g/mol. The summed E-state index contributed by atoms with van der Waals surface area (Å²) in [6.45, 7) is 6.27. The van der Waals surface area contributed by atoms with Gasteiger partial charge in [0.15, 0.2) is 0 Å². The van der Waals surface area contributed by atoms with Crippen LogP contribution < -0.4 is 4.90 Å². The van der Waals surface area contributed by atoms with Gasteiger partial charge in [0.25, 0.3) is 0 Å². The molecular weight excluding hydrogens is 274 g/mol. The topological polar surface area (TPSA) is 25.4 Å². The lowest BCUT2D eigenvalue weighted by atomic mass is 9.95. The third-order valence-electron chi connectivity index (χ3n) is 3.78. The number of nitrogens with zero attached hydrogens (tertiary/aromatic N) is 2. The van der Waals surface area contributed by atoms with E-state index >= 15 is 0 Å². The van der Waals surface area contributed by atoms with Crippen molar-refractivity contribution in [3.8, 4) is 0 Å². The van der Waals surface area contributed by atoms with Crippen LogP contribution in [-0.4, -0.2) is 24.2 Å². The summed E-state index contributed by atoms with van der Waals surface area (Å²) in [6.07, 6.45) is 2.07. The first-order chi connectivity index (χ1) is 9.79. The Morgan fingerprint density at radius 1 is 1.19 bits per heavy atom. The first kappa shape index (κ1) is 16.1. The molecule has 118 valence electrons. The van der Waals surface area contributed by atoms with Crippen LogP contribution in [-0.2, 0) is 11.3 Å². The first-order valence-corrected chi connectivity index (χ1v) is 7.51. The van der Waals surface area contributed by atoms with Crippen molar-refractivity contribution >= 4 is 5.82 Å². The molecule has 2 rings (SSSR count). The number of piperidine rings is 1. The number of hydrogen-bond donors (Lipinski definition) is 0. The molecule has 1 aliphatic rings. The van der Waals surface area contributed by atoms with Crippen LogP contribution in [0.1, 0.15) is 45.6 Å². The highest BCUT2D eigenvalue weighted by molar-refractivity contribution is 5.41. The summed E-state index contributed by atoms with van der Waals surface area (Å²) in [7, 11) is 0. The van der Waals surface area contributed by atoms with E-state index in [0.717, 1.165) is 37.3 Å². The minimum absolute atomic E-state index is 0.104. The Kier molecular flexibility index (Phi) is 4.81. The van der Waals surface area contributed by atoms with Crippen molar-refractivity contribution in [3.05, 3.63) is 23.9 Å². The summed E-state index contributed by atoms with van der Waals surface area (Å²) in [5.41, 5.74) is -0.482. The fourth-order valence-corrected chi connectivity index (χ4v) is 2.24. The van der Waals surface area contributed by atoms with E-state index in [1.54, 1.807) is 12.3 Å². The Morgan fingerprint density at radius 2 is 1.86 bits per heavy atom. The lowest BCUT2D eigenvalue weighted by molar-refractivity contribution is -0.300. The van der Waals surface area contributed by atoms with E-state index in [1.165, 1.54) is 27.2 Å².